The molecule has 1 heterocycles. The molecule has 0 bridgehead atoms. The maximum Gasteiger partial charge on any atom is 0.0278 e. The summed E-state index contributed by atoms with van der Waals surface area (Å²) >= 11 is 0. The Hall–Kier alpha value is -0.0800. The minimum Gasteiger partial charge on any atom is -0.251 e. The van der Waals surface area contributed by atoms with E-state index >= 15 is 0 Å². The standard InChI is InChI=1S/C14H28N2/c1-13(2,3)12-9-10-7-8-11(10)16(15-12)14(4,5)6/h10-12,15H,7-9H2,1-6H3. The van der Waals surface area contributed by atoms with Gasteiger partial charge in [-0.2, -0.15) is 0 Å². The zero-order valence-corrected chi connectivity index (χ0v) is 11.8. The van der Waals surface area contributed by atoms with Crippen LogP contribution in [0.2, 0.25) is 0 Å². The highest BCUT2D eigenvalue weighted by Gasteiger charge is 2.47. The van der Waals surface area contributed by atoms with Gasteiger partial charge in [-0.05, 0) is 51.4 Å². The number of hydrazine groups is 1. The van der Waals surface area contributed by atoms with Crippen molar-refractivity contribution >= 4 is 0 Å². The average molecular weight is 224 g/mol. The molecular formula is C14H28N2. The van der Waals surface area contributed by atoms with Gasteiger partial charge in [0.1, 0.15) is 0 Å². The first-order valence-electron chi connectivity index (χ1n) is 6.75. The van der Waals surface area contributed by atoms with Crippen molar-refractivity contribution in [3.8, 4) is 0 Å². The van der Waals surface area contributed by atoms with E-state index < -0.39 is 0 Å². The first kappa shape index (κ1) is 12.4. The first-order valence-corrected chi connectivity index (χ1v) is 6.75. The van der Waals surface area contributed by atoms with Crippen LogP contribution in [-0.4, -0.2) is 22.6 Å². The van der Waals surface area contributed by atoms with Crippen molar-refractivity contribution in [2.45, 2.75) is 78.4 Å². The second-order valence-electron chi connectivity index (χ2n) is 7.73. The van der Waals surface area contributed by atoms with Crippen LogP contribution in [0.15, 0.2) is 0 Å². The van der Waals surface area contributed by atoms with Gasteiger partial charge in [-0.15, -0.1) is 0 Å². The fourth-order valence-electron chi connectivity index (χ4n) is 3.02. The number of fused-ring (bicyclic) bond motifs is 1. The third-order valence-corrected chi connectivity index (χ3v) is 4.31. The van der Waals surface area contributed by atoms with Crippen LogP contribution < -0.4 is 5.43 Å². The number of nitrogens with one attached hydrogen (secondary N) is 1. The van der Waals surface area contributed by atoms with Crippen molar-refractivity contribution in [2.24, 2.45) is 11.3 Å². The van der Waals surface area contributed by atoms with E-state index in [0.717, 1.165) is 12.0 Å². The molecule has 0 aromatic rings. The summed E-state index contributed by atoms with van der Waals surface area (Å²) in [6, 6.07) is 1.42. The monoisotopic (exact) mass is 224 g/mol. The zero-order chi connectivity index (χ0) is 12.1. The third-order valence-electron chi connectivity index (χ3n) is 4.31. The van der Waals surface area contributed by atoms with Crippen molar-refractivity contribution in [1.29, 1.82) is 0 Å². The summed E-state index contributed by atoms with van der Waals surface area (Å²) in [6.45, 7) is 14.0. The highest BCUT2D eigenvalue weighted by Crippen LogP contribution is 2.43. The van der Waals surface area contributed by atoms with E-state index in [1.165, 1.54) is 19.3 Å². The number of hydrogen-bond donors (Lipinski definition) is 1. The normalized spacial score (nSPS) is 36.8. The summed E-state index contributed by atoms with van der Waals surface area (Å²) in [7, 11) is 0. The van der Waals surface area contributed by atoms with Gasteiger partial charge in [-0.1, -0.05) is 20.8 Å². The van der Waals surface area contributed by atoms with Crippen LogP contribution >= 0.6 is 0 Å². The van der Waals surface area contributed by atoms with Crippen molar-refractivity contribution in [3.63, 3.8) is 0 Å². The number of nitrogens with zero attached hydrogens (tertiary/aromatic N) is 1. The molecule has 16 heavy (non-hydrogen) atoms. The molecule has 1 aliphatic carbocycles. The summed E-state index contributed by atoms with van der Waals surface area (Å²) in [5.74, 6) is 0.935. The second-order valence-corrected chi connectivity index (χ2v) is 7.73. The van der Waals surface area contributed by atoms with Gasteiger partial charge in [0.2, 0.25) is 0 Å². The zero-order valence-electron chi connectivity index (χ0n) is 11.8. The summed E-state index contributed by atoms with van der Waals surface area (Å²) in [4.78, 5) is 0. The van der Waals surface area contributed by atoms with Crippen LogP contribution in [0.1, 0.15) is 60.8 Å². The van der Waals surface area contributed by atoms with Gasteiger partial charge in [0.15, 0.2) is 0 Å². The van der Waals surface area contributed by atoms with Crippen LogP contribution in [0.25, 0.3) is 0 Å². The summed E-state index contributed by atoms with van der Waals surface area (Å²) in [5.41, 5.74) is 4.41. The molecule has 2 fully saturated rings. The van der Waals surface area contributed by atoms with Crippen LogP contribution in [0, 0.1) is 11.3 Å². The Morgan fingerprint density at radius 1 is 1.00 bits per heavy atom. The SMILES string of the molecule is CC(C)(C)C1CC2CCC2N(C(C)(C)C)N1. The van der Waals surface area contributed by atoms with E-state index in [0.29, 0.717) is 11.5 Å². The lowest BCUT2D eigenvalue weighted by molar-refractivity contribution is -0.113. The Morgan fingerprint density at radius 3 is 2.00 bits per heavy atom. The van der Waals surface area contributed by atoms with Crippen LogP contribution in [0.5, 0.6) is 0 Å². The molecule has 1 N–H and O–H groups in total. The lowest BCUT2D eigenvalue weighted by atomic mass is 9.69. The molecule has 1 saturated heterocycles. The molecule has 0 amide bonds. The van der Waals surface area contributed by atoms with Crippen LogP contribution in [0.4, 0.5) is 0 Å². The quantitative estimate of drug-likeness (QED) is 0.680. The van der Waals surface area contributed by atoms with Gasteiger partial charge < -0.3 is 0 Å². The van der Waals surface area contributed by atoms with Gasteiger partial charge in [-0.25, -0.2) is 5.01 Å². The van der Waals surface area contributed by atoms with E-state index in [4.69, 9.17) is 0 Å². The highest BCUT2D eigenvalue weighted by atomic mass is 15.6. The Kier molecular flexibility index (Phi) is 2.87. The molecule has 94 valence electrons. The van der Waals surface area contributed by atoms with E-state index in [1.807, 2.05) is 0 Å². The maximum absolute atomic E-state index is 3.80. The van der Waals surface area contributed by atoms with Crippen LogP contribution in [-0.2, 0) is 0 Å². The minimum absolute atomic E-state index is 0.243. The molecular weight excluding hydrogens is 196 g/mol. The van der Waals surface area contributed by atoms with E-state index in [2.05, 4.69) is 52.0 Å². The Labute approximate surface area is 101 Å². The van der Waals surface area contributed by atoms with Gasteiger partial charge in [0.25, 0.3) is 0 Å². The van der Waals surface area contributed by atoms with E-state index in [-0.39, 0.29) is 5.54 Å². The summed E-state index contributed by atoms with van der Waals surface area (Å²) in [5, 5.41) is 2.54. The summed E-state index contributed by atoms with van der Waals surface area (Å²) in [6.07, 6.45) is 4.18. The predicted octanol–water partition coefficient (Wildman–Crippen LogP) is 3.19. The largest absolute Gasteiger partial charge is 0.251 e. The average Bonchev–Trinajstić information content (AvgIpc) is 2.02. The van der Waals surface area contributed by atoms with E-state index in [1.54, 1.807) is 0 Å². The first-order chi connectivity index (χ1) is 7.19. The highest BCUT2D eigenvalue weighted by molar-refractivity contribution is 5.00. The second kappa shape index (κ2) is 3.71. The molecule has 2 heteroatoms. The topological polar surface area (TPSA) is 15.3 Å². The fraction of sp³-hybridized carbons (Fsp3) is 1.00. The van der Waals surface area contributed by atoms with Gasteiger partial charge in [0.05, 0.1) is 0 Å². The van der Waals surface area contributed by atoms with Gasteiger partial charge in [-0.3, -0.25) is 5.43 Å². The molecule has 2 nitrogen and oxygen atoms in total. The van der Waals surface area contributed by atoms with Crippen molar-refractivity contribution in [1.82, 2.24) is 10.4 Å². The maximum atomic E-state index is 3.80. The van der Waals surface area contributed by atoms with Gasteiger partial charge >= 0.3 is 0 Å². The smallest absolute Gasteiger partial charge is 0.0278 e. The molecule has 1 saturated carbocycles. The molecule has 0 aromatic carbocycles. The fourth-order valence-corrected chi connectivity index (χ4v) is 3.02. The Bertz CT molecular complexity index is 259. The van der Waals surface area contributed by atoms with Crippen molar-refractivity contribution in [2.75, 3.05) is 0 Å². The molecule has 3 unspecified atom stereocenters. The molecule has 2 rings (SSSR count). The molecule has 3 atom stereocenters. The van der Waals surface area contributed by atoms with Crippen LogP contribution in [0.3, 0.4) is 0 Å². The van der Waals surface area contributed by atoms with Crippen molar-refractivity contribution in [3.05, 3.63) is 0 Å². The van der Waals surface area contributed by atoms with E-state index in [9.17, 15) is 0 Å². The summed E-state index contributed by atoms with van der Waals surface area (Å²) < 4.78 is 0. The molecule has 0 spiro atoms. The number of hydrogen-bond acceptors (Lipinski definition) is 2. The van der Waals surface area contributed by atoms with Gasteiger partial charge in [0, 0.05) is 17.6 Å². The Morgan fingerprint density at radius 2 is 1.62 bits per heavy atom. The lowest BCUT2D eigenvalue weighted by Gasteiger charge is -2.58. The molecule has 2 aliphatic rings. The molecule has 0 radical (unpaired) electrons. The predicted molar refractivity (Wildman–Crippen MR) is 69.1 cm³/mol. The molecule has 1 aliphatic heterocycles. The van der Waals surface area contributed by atoms with Crippen molar-refractivity contribution < 1.29 is 0 Å². The minimum atomic E-state index is 0.243. The number of rotatable bonds is 0. The Balaban J connectivity index is 2.13. The molecule has 0 aromatic heterocycles. The lowest BCUT2D eigenvalue weighted by Crippen LogP contribution is -2.69. The third kappa shape index (κ3) is 2.14.